The summed E-state index contributed by atoms with van der Waals surface area (Å²) in [5.41, 5.74) is 5.04. The third-order valence-corrected chi connectivity index (χ3v) is 3.55. The Hall–Kier alpha value is -2.22. The van der Waals surface area contributed by atoms with Gasteiger partial charge < -0.3 is 10.1 Å². The van der Waals surface area contributed by atoms with E-state index in [9.17, 15) is 0 Å². The largest absolute Gasteiger partial charge is 0.497 e. The number of ether oxygens (including phenoxy) is 1. The number of benzene rings is 2. The zero-order valence-electron chi connectivity index (χ0n) is 11.2. The third kappa shape index (κ3) is 2.22. The third-order valence-electron chi connectivity index (χ3n) is 3.55. The van der Waals surface area contributed by atoms with Crippen LogP contribution in [0.2, 0.25) is 0 Å². The van der Waals surface area contributed by atoms with E-state index in [1.165, 1.54) is 22.4 Å². The number of hydrogen-bond donors (Lipinski definition) is 1. The predicted molar refractivity (Wildman–Crippen MR) is 79.5 cm³/mol. The lowest BCUT2D eigenvalue weighted by Crippen LogP contribution is -2.13. The second-order valence-electron chi connectivity index (χ2n) is 4.79. The average Bonchev–Trinajstić information content (AvgIpc) is 2.47. The van der Waals surface area contributed by atoms with Gasteiger partial charge in [0.05, 0.1) is 13.2 Å². The highest BCUT2D eigenvalue weighted by molar-refractivity contribution is 5.79. The molecule has 1 unspecified atom stereocenters. The van der Waals surface area contributed by atoms with Crippen molar-refractivity contribution in [3.8, 4) is 5.75 Å². The molecule has 1 aliphatic heterocycles. The highest BCUT2D eigenvalue weighted by Gasteiger charge is 2.17. The van der Waals surface area contributed by atoms with Crippen molar-refractivity contribution < 1.29 is 4.74 Å². The van der Waals surface area contributed by atoms with Gasteiger partial charge in [-0.05, 0) is 36.3 Å². The predicted octanol–water partition coefficient (Wildman–Crippen LogP) is 4.27. The van der Waals surface area contributed by atoms with Gasteiger partial charge in [-0.25, -0.2) is 0 Å². The lowest BCUT2D eigenvalue weighted by Gasteiger charge is -2.25. The number of allylic oxidation sites excluding steroid dienone is 1. The topological polar surface area (TPSA) is 21.3 Å². The number of methoxy groups -OCH3 is 1. The minimum absolute atomic E-state index is 0.223. The summed E-state index contributed by atoms with van der Waals surface area (Å²) in [7, 11) is 1.69. The van der Waals surface area contributed by atoms with E-state index in [-0.39, 0.29) is 6.04 Å². The molecule has 0 radical (unpaired) electrons. The Kier molecular flexibility index (Phi) is 3.00. The monoisotopic (exact) mass is 251 g/mol. The molecule has 1 atom stereocenters. The van der Waals surface area contributed by atoms with Crippen LogP contribution in [0.4, 0.5) is 5.69 Å². The summed E-state index contributed by atoms with van der Waals surface area (Å²) in [6.07, 6.45) is 2.27. The molecular formula is C17H17NO. The summed E-state index contributed by atoms with van der Waals surface area (Å²) in [6, 6.07) is 16.9. The minimum atomic E-state index is 0.223. The smallest absolute Gasteiger partial charge is 0.118 e. The zero-order chi connectivity index (χ0) is 13.2. The van der Waals surface area contributed by atoms with Crippen LogP contribution in [0.3, 0.4) is 0 Å². The minimum Gasteiger partial charge on any atom is -0.497 e. The molecule has 0 saturated carbocycles. The van der Waals surface area contributed by atoms with Crippen molar-refractivity contribution in [1.29, 1.82) is 0 Å². The maximum absolute atomic E-state index is 5.20. The number of rotatable bonds is 2. The summed E-state index contributed by atoms with van der Waals surface area (Å²) in [5, 5.41) is 3.56. The van der Waals surface area contributed by atoms with E-state index in [1.54, 1.807) is 7.11 Å². The van der Waals surface area contributed by atoms with Crippen LogP contribution in [0.15, 0.2) is 54.6 Å². The molecule has 0 amide bonds. The highest BCUT2D eigenvalue weighted by Crippen LogP contribution is 2.34. The standard InChI is InChI=1S/C17H17NO/c1-12-11-17(13-7-9-14(19-2)10-8-13)18-16-6-4-3-5-15(12)16/h3-11,17-18H,1-2H3. The van der Waals surface area contributed by atoms with E-state index in [1.807, 2.05) is 12.1 Å². The van der Waals surface area contributed by atoms with Crippen molar-refractivity contribution in [3.05, 3.63) is 65.7 Å². The number of fused-ring (bicyclic) bond motifs is 1. The number of hydrogen-bond acceptors (Lipinski definition) is 2. The van der Waals surface area contributed by atoms with E-state index in [0.29, 0.717) is 0 Å². The SMILES string of the molecule is COc1ccc(C2C=C(C)c3ccccc3N2)cc1. The van der Waals surface area contributed by atoms with Crippen LogP contribution in [0.25, 0.3) is 5.57 Å². The Morgan fingerprint density at radius 1 is 1.00 bits per heavy atom. The van der Waals surface area contributed by atoms with Crippen LogP contribution in [0.5, 0.6) is 5.75 Å². The van der Waals surface area contributed by atoms with Gasteiger partial charge in [0.25, 0.3) is 0 Å². The van der Waals surface area contributed by atoms with Crippen molar-refractivity contribution in [2.75, 3.05) is 12.4 Å². The first-order valence-electron chi connectivity index (χ1n) is 6.46. The summed E-state index contributed by atoms with van der Waals surface area (Å²) in [4.78, 5) is 0. The molecule has 96 valence electrons. The highest BCUT2D eigenvalue weighted by atomic mass is 16.5. The van der Waals surface area contributed by atoms with Crippen LogP contribution < -0.4 is 10.1 Å². The molecule has 2 aromatic rings. The first kappa shape index (κ1) is 11.8. The van der Waals surface area contributed by atoms with Gasteiger partial charge in [0.15, 0.2) is 0 Å². The first-order valence-corrected chi connectivity index (χ1v) is 6.46. The second-order valence-corrected chi connectivity index (χ2v) is 4.79. The normalized spacial score (nSPS) is 17.2. The first-order chi connectivity index (χ1) is 9.28. The molecule has 0 spiro atoms. The van der Waals surface area contributed by atoms with Gasteiger partial charge in [-0.2, -0.15) is 0 Å². The van der Waals surface area contributed by atoms with Crippen molar-refractivity contribution in [3.63, 3.8) is 0 Å². The molecule has 0 aromatic heterocycles. The summed E-state index contributed by atoms with van der Waals surface area (Å²) in [6.45, 7) is 2.16. The van der Waals surface area contributed by atoms with Crippen LogP contribution in [-0.2, 0) is 0 Å². The molecule has 19 heavy (non-hydrogen) atoms. The number of anilines is 1. The quantitative estimate of drug-likeness (QED) is 0.860. The van der Waals surface area contributed by atoms with Crippen molar-refractivity contribution >= 4 is 11.3 Å². The molecule has 1 N–H and O–H groups in total. The van der Waals surface area contributed by atoms with E-state index < -0.39 is 0 Å². The zero-order valence-corrected chi connectivity index (χ0v) is 11.2. The molecule has 2 heteroatoms. The maximum Gasteiger partial charge on any atom is 0.118 e. The Bertz CT molecular complexity index is 613. The van der Waals surface area contributed by atoms with Gasteiger partial charge >= 0.3 is 0 Å². The summed E-state index contributed by atoms with van der Waals surface area (Å²) < 4.78 is 5.20. The van der Waals surface area contributed by atoms with Crippen LogP contribution >= 0.6 is 0 Å². The van der Waals surface area contributed by atoms with Crippen molar-refractivity contribution in [2.24, 2.45) is 0 Å². The fraction of sp³-hybridized carbons (Fsp3) is 0.176. The molecule has 1 heterocycles. The van der Waals surface area contributed by atoms with Crippen molar-refractivity contribution in [1.82, 2.24) is 0 Å². The van der Waals surface area contributed by atoms with Gasteiger partial charge in [-0.1, -0.05) is 36.4 Å². The fourth-order valence-corrected chi connectivity index (χ4v) is 2.49. The van der Waals surface area contributed by atoms with E-state index in [2.05, 4.69) is 54.7 Å². The lowest BCUT2D eigenvalue weighted by atomic mass is 9.94. The van der Waals surface area contributed by atoms with Gasteiger partial charge in [0.2, 0.25) is 0 Å². The maximum atomic E-state index is 5.20. The lowest BCUT2D eigenvalue weighted by molar-refractivity contribution is 0.414. The second kappa shape index (κ2) is 4.81. The van der Waals surface area contributed by atoms with Gasteiger partial charge in [-0.3, -0.25) is 0 Å². The van der Waals surface area contributed by atoms with Crippen LogP contribution in [0.1, 0.15) is 24.1 Å². The number of nitrogens with one attached hydrogen (secondary N) is 1. The molecule has 3 rings (SSSR count). The van der Waals surface area contributed by atoms with E-state index in [4.69, 9.17) is 4.74 Å². The molecule has 0 saturated heterocycles. The molecule has 0 aliphatic carbocycles. The van der Waals surface area contributed by atoms with Gasteiger partial charge in [-0.15, -0.1) is 0 Å². The Balaban J connectivity index is 1.94. The van der Waals surface area contributed by atoms with Crippen LogP contribution in [-0.4, -0.2) is 7.11 Å². The average molecular weight is 251 g/mol. The van der Waals surface area contributed by atoms with E-state index >= 15 is 0 Å². The molecule has 2 aromatic carbocycles. The number of para-hydroxylation sites is 1. The molecular weight excluding hydrogens is 234 g/mol. The fourth-order valence-electron chi connectivity index (χ4n) is 2.49. The molecule has 2 nitrogen and oxygen atoms in total. The van der Waals surface area contributed by atoms with Gasteiger partial charge in [0.1, 0.15) is 5.75 Å². The van der Waals surface area contributed by atoms with Crippen molar-refractivity contribution in [2.45, 2.75) is 13.0 Å². The van der Waals surface area contributed by atoms with E-state index in [0.717, 1.165) is 5.75 Å². The Morgan fingerprint density at radius 2 is 1.74 bits per heavy atom. The Labute approximate surface area is 113 Å². The molecule has 0 bridgehead atoms. The molecule has 1 aliphatic rings. The Morgan fingerprint density at radius 3 is 2.47 bits per heavy atom. The van der Waals surface area contributed by atoms with Gasteiger partial charge in [0, 0.05) is 11.3 Å². The summed E-state index contributed by atoms with van der Waals surface area (Å²) >= 11 is 0. The summed E-state index contributed by atoms with van der Waals surface area (Å²) in [5.74, 6) is 0.890. The molecule has 0 fully saturated rings. The van der Waals surface area contributed by atoms with Crippen LogP contribution in [0, 0.1) is 0 Å².